The van der Waals surface area contributed by atoms with Crippen molar-refractivity contribution in [3.63, 3.8) is 0 Å². The van der Waals surface area contributed by atoms with Crippen molar-refractivity contribution >= 4 is 23.4 Å². The first-order valence-corrected chi connectivity index (χ1v) is 9.50. The van der Waals surface area contributed by atoms with Crippen LogP contribution in [0.1, 0.15) is 35.3 Å². The molecule has 4 rings (SSSR count). The summed E-state index contributed by atoms with van der Waals surface area (Å²) < 4.78 is 1.48. The van der Waals surface area contributed by atoms with Gasteiger partial charge in [-0.1, -0.05) is 12.0 Å². The van der Waals surface area contributed by atoms with Crippen LogP contribution < -0.4 is 11.1 Å². The zero-order chi connectivity index (χ0) is 21.8. The number of carbonyl (C=O) groups is 3. The second-order valence-corrected chi connectivity index (χ2v) is 7.22. The van der Waals surface area contributed by atoms with E-state index in [1.54, 1.807) is 37.5 Å². The first kappa shape index (κ1) is 21.1. The maximum absolute atomic E-state index is 11.9. The standard InChI is InChI=1S/C16H14N4O2.C5H9NO2/c1-2-10-4-3-5-12(8-10)20-9-13(14(19-20)15(17)21)18-16(22)11-6-7-11;1-6-3-2-4(7)5(6)8/h1,3-5,8-9,11H,6-7H2,(H2,17,21)(H,18,22);4,7H,2-3H2,1H3/t;4-/m.0/s1. The van der Waals surface area contributed by atoms with Gasteiger partial charge in [-0.2, -0.15) is 5.10 Å². The number of hydrogen-bond acceptors (Lipinski definition) is 5. The molecule has 2 heterocycles. The quantitative estimate of drug-likeness (QED) is 0.634. The second-order valence-electron chi connectivity index (χ2n) is 7.22. The van der Waals surface area contributed by atoms with Gasteiger partial charge in [-0.3, -0.25) is 14.4 Å². The van der Waals surface area contributed by atoms with Crippen molar-refractivity contribution in [2.75, 3.05) is 18.9 Å². The fourth-order valence-corrected chi connectivity index (χ4v) is 2.90. The van der Waals surface area contributed by atoms with E-state index < -0.39 is 12.0 Å². The van der Waals surface area contributed by atoms with Crippen molar-refractivity contribution in [2.24, 2.45) is 11.7 Å². The topological polar surface area (TPSA) is 131 Å². The van der Waals surface area contributed by atoms with Crippen LogP contribution in [0.15, 0.2) is 30.5 Å². The zero-order valence-electron chi connectivity index (χ0n) is 16.5. The third-order valence-corrected chi connectivity index (χ3v) is 4.83. The molecular weight excluding hydrogens is 386 g/mol. The molecule has 1 saturated heterocycles. The Morgan fingerprint density at radius 2 is 2.07 bits per heavy atom. The highest BCUT2D eigenvalue weighted by molar-refractivity contribution is 6.02. The van der Waals surface area contributed by atoms with Crippen molar-refractivity contribution < 1.29 is 19.5 Å². The minimum Gasteiger partial charge on any atom is -0.383 e. The van der Waals surface area contributed by atoms with E-state index in [2.05, 4.69) is 16.3 Å². The molecule has 9 heteroatoms. The minimum atomic E-state index is -0.722. The number of benzene rings is 1. The van der Waals surface area contributed by atoms with Gasteiger partial charge < -0.3 is 21.1 Å². The molecule has 156 valence electrons. The van der Waals surface area contributed by atoms with Crippen molar-refractivity contribution in [3.05, 3.63) is 41.7 Å². The summed E-state index contributed by atoms with van der Waals surface area (Å²) in [4.78, 5) is 35.5. The number of carbonyl (C=O) groups excluding carboxylic acids is 3. The summed E-state index contributed by atoms with van der Waals surface area (Å²) in [5.41, 5.74) is 7.05. The molecule has 4 N–H and O–H groups in total. The zero-order valence-corrected chi connectivity index (χ0v) is 16.5. The Labute approximate surface area is 173 Å². The van der Waals surface area contributed by atoms with E-state index in [0.29, 0.717) is 29.9 Å². The second kappa shape index (κ2) is 8.80. The Morgan fingerprint density at radius 3 is 2.57 bits per heavy atom. The number of rotatable bonds is 4. The molecule has 0 spiro atoms. The lowest BCUT2D eigenvalue weighted by atomic mass is 10.2. The molecule has 1 aromatic heterocycles. The number of amides is 3. The number of aromatic nitrogens is 2. The maximum Gasteiger partial charge on any atom is 0.271 e. The largest absolute Gasteiger partial charge is 0.383 e. The van der Waals surface area contributed by atoms with Gasteiger partial charge in [-0.15, -0.1) is 6.42 Å². The molecule has 2 aromatic rings. The Balaban J connectivity index is 0.000000269. The fourth-order valence-electron chi connectivity index (χ4n) is 2.90. The predicted molar refractivity (Wildman–Crippen MR) is 110 cm³/mol. The maximum atomic E-state index is 11.9. The molecular formula is C21H23N5O4. The molecule has 3 amide bonds. The Morgan fingerprint density at radius 1 is 1.33 bits per heavy atom. The van der Waals surface area contributed by atoms with Crippen LogP contribution >= 0.6 is 0 Å². The summed E-state index contributed by atoms with van der Waals surface area (Å²) in [6.45, 7) is 0.694. The molecule has 1 atom stereocenters. The third kappa shape index (κ3) is 4.85. The molecule has 1 aliphatic carbocycles. The van der Waals surface area contributed by atoms with Gasteiger partial charge >= 0.3 is 0 Å². The first-order chi connectivity index (χ1) is 14.3. The molecule has 1 saturated carbocycles. The summed E-state index contributed by atoms with van der Waals surface area (Å²) in [5.74, 6) is 1.60. The van der Waals surface area contributed by atoms with Gasteiger partial charge in [0.15, 0.2) is 5.69 Å². The van der Waals surface area contributed by atoms with Crippen LogP contribution in [0.25, 0.3) is 5.69 Å². The van der Waals surface area contributed by atoms with Gasteiger partial charge in [0.1, 0.15) is 6.10 Å². The summed E-state index contributed by atoms with van der Waals surface area (Å²) in [6.07, 6.45) is 8.55. The molecule has 0 radical (unpaired) electrons. The lowest BCUT2D eigenvalue weighted by Gasteiger charge is -2.04. The average Bonchev–Trinajstić information content (AvgIpc) is 3.45. The monoisotopic (exact) mass is 409 g/mol. The van der Waals surface area contributed by atoms with Crippen LogP contribution in [0, 0.1) is 18.3 Å². The van der Waals surface area contributed by atoms with Gasteiger partial charge in [0.2, 0.25) is 5.91 Å². The molecule has 0 bridgehead atoms. The van der Waals surface area contributed by atoms with Crippen LogP contribution in [0.3, 0.4) is 0 Å². The van der Waals surface area contributed by atoms with E-state index in [9.17, 15) is 14.4 Å². The smallest absolute Gasteiger partial charge is 0.271 e. The molecule has 30 heavy (non-hydrogen) atoms. The average molecular weight is 409 g/mol. The van der Waals surface area contributed by atoms with Crippen molar-refractivity contribution in [3.8, 4) is 18.0 Å². The lowest BCUT2D eigenvalue weighted by Crippen LogP contribution is -2.24. The summed E-state index contributed by atoms with van der Waals surface area (Å²) in [5, 5.41) is 15.6. The number of nitrogens with zero attached hydrogens (tertiary/aromatic N) is 3. The predicted octanol–water partition coefficient (Wildman–Crippen LogP) is 0.510. The van der Waals surface area contributed by atoms with Gasteiger partial charge in [0.25, 0.3) is 11.8 Å². The molecule has 2 aliphatic rings. The number of nitrogens with one attached hydrogen (secondary N) is 1. The van der Waals surface area contributed by atoms with Crippen LogP contribution in [0.4, 0.5) is 5.69 Å². The van der Waals surface area contributed by atoms with Crippen LogP contribution in [0.2, 0.25) is 0 Å². The van der Waals surface area contributed by atoms with Crippen molar-refractivity contribution in [1.29, 1.82) is 0 Å². The van der Waals surface area contributed by atoms with E-state index in [4.69, 9.17) is 17.3 Å². The fraction of sp³-hybridized carbons (Fsp3) is 0.333. The minimum absolute atomic E-state index is 0.0221. The molecule has 0 unspecified atom stereocenters. The van der Waals surface area contributed by atoms with Crippen LogP contribution in [0.5, 0.6) is 0 Å². The number of terminal acetylenes is 1. The summed E-state index contributed by atoms with van der Waals surface area (Å²) in [7, 11) is 1.69. The van der Waals surface area contributed by atoms with Gasteiger partial charge in [0.05, 0.1) is 17.6 Å². The van der Waals surface area contributed by atoms with E-state index in [1.807, 2.05) is 0 Å². The number of anilines is 1. The van der Waals surface area contributed by atoms with Crippen molar-refractivity contribution in [2.45, 2.75) is 25.4 Å². The van der Waals surface area contributed by atoms with E-state index in [1.165, 1.54) is 9.58 Å². The number of likely N-dealkylation sites (tertiary alicyclic amines) is 1. The highest BCUT2D eigenvalue weighted by Gasteiger charge is 2.31. The third-order valence-electron chi connectivity index (χ3n) is 4.83. The Hall–Kier alpha value is -3.64. The number of nitrogens with two attached hydrogens (primary N) is 1. The van der Waals surface area contributed by atoms with E-state index in [-0.39, 0.29) is 23.4 Å². The SMILES string of the molecule is C#Cc1cccc(-n2cc(NC(=O)C3CC3)c(C(N)=O)n2)c1.CN1CC[C@H](O)C1=O. The number of aliphatic hydroxyl groups is 1. The Kier molecular flexibility index (Phi) is 6.18. The van der Waals surface area contributed by atoms with Gasteiger partial charge in [-0.25, -0.2) is 4.68 Å². The first-order valence-electron chi connectivity index (χ1n) is 9.50. The highest BCUT2D eigenvalue weighted by atomic mass is 16.3. The van der Waals surface area contributed by atoms with Gasteiger partial charge in [0, 0.05) is 25.1 Å². The van der Waals surface area contributed by atoms with E-state index >= 15 is 0 Å². The lowest BCUT2D eigenvalue weighted by molar-refractivity contribution is -0.133. The summed E-state index contributed by atoms with van der Waals surface area (Å²) >= 11 is 0. The van der Waals surface area contributed by atoms with Crippen LogP contribution in [-0.4, -0.2) is 57.2 Å². The number of hydrogen-bond donors (Lipinski definition) is 3. The van der Waals surface area contributed by atoms with Gasteiger partial charge in [-0.05, 0) is 37.5 Å². The number of aliphatic hydroxyl groups excluding tert-OH is 1. The molecule has 9 nitrogen and oxygen atoms in total. The van der Waals surface area contributed by atoms with Crippen molar-refractivity contribution in [1.82, 2.24) is 14.7 Å². The number of likely N-dealkylation sites (N-methyl/N-ethyl adjacent to an activating group) is 1. The van der Waals surface area contributed by atoms with Crippen LogP contribution in [-0.2, 0) is 9.59 Å². The highest BCUT2D eigenvalue weighted by Crippen LogP contribution is 2.30. The number of primary amides is 1. The molecule has 1 aliphatic heterocycles. The molecule has 2 fully saturated rings. The summed E-state index contributed by atoms with van der Waals surface area (Å²) in [6, 6.07) is 7.13. The van der Waals surface area contributed by atoms with E-state index in [0.717, 1.165) is 12.8 Å². The normalized spacial score (nSPS) is 17.7. The Bertz CT molecular complexity index is 1010. The molecule has 1 aromatic carbocycles.